The number of phenols is 2. The molecule has 0 aromatic heterocycles. The zero-order valence-corrected chi connectivity index (χ0v) is 22.3. The highest BCUT2D eigenvalue weighted by Gasteiger charge is 2.38. The van der Waals surface area contributed by atoms with Crippen molar-refractivity contribution in [2.75, 3.05) is 43.4 Å². The number of benzene rings is 2. The largest absolute Gasteiger partial charge is 0.507 e. The van der Waals surface area contributed by atoms with Gasteiger partial charge in [0.15, 0.2) is 0 Å². The zero-order chi connectivity index (χ0) is 28.2. The predicted octanol–water partition coefficient (Wildman–Crippen LogP) is 1.67. The monoisotopic (exact) mass is 549 g/mol. The highest BCUT2D eigenvalue weighted by Crippen LogP contribution is 2.42. The van der Waals surface area contributed by atoms with Crippen molar-refractivity contribution in [2.24, 2.45) is 0 Å². The molecular formula is C29H35N5O6. The summed E-state index contributed by atoms with van der Waals surface area (Å²) in [6.07, 6.45) is 4.50. The van der Waals surface area contributed by atoms with E-state index in [1.54, 1.807) is 0 Å². The van der Waals surface area contributed by atoms with Crippen LogP contribution in [-0.4, -0.2) is 78.3 Å². The second-order valence-corrected chi connectivity index (χ2v) is 10.4. The number of fused-ring (bicyclic) bond motifs is 2. The molecular weight excluding hydrogens is 514 g/mol. The van der Waals surface area contributed by atoms with Crippen LogP contribution in [0.5, 0.6) is 11.5 Å². The molecule has 2 aromatic carbocycles. The molecule has 2 unspecified atom stereocenters. The van der Waals surface area contributed by atoms with Gasteiger partial charge in [-0.2, -0.15) is 0 Å². The minimum atomic E-state index is -0.592. The SMILES string of the molecule is O=C1c2c(O)ccc(NCCNC(=O)C3CCCN3)c2C(=O)c2c(O)ccc(NCCCC(=O)C3CCCN3)c21. The fraction of sp³-hybridized carbons (Fsp3) is 0.448. The molecule has 2 heterocycles. The van der Waals surface area contributed by atoms with Gasteiger partial charge in [-0.3, -0.25) is 19.2 Å². The van der Waals surface area contributed by atoms with Gasteiger partial charge in [-0.15, -0.1) is 0 Å². The third-order valence-electron chi connectivity index (χ3n) is 7.76. The Hall–Kier alpha value is -3.96. The Balaban J connectivity index is 1.29. The number of amides is 1. The van der Waals surface area contributed by atoms with E-state index in [0.717, 1.165) is 38.8 Å². The van der Waals surface area contributed by atoms with Crippen LogP contribution < -0.4 is 26.6 Å². The van der Waals surface area contributed by atoms with Crippen LogP contribution in [0.25, 0.3) is 0 Å². The van der Waals surface area contributed by atoms with Gasteiger partial charge in [0.05, 0.1) is 34.3 Å². The number of hydrogen-bond acceptors (Lipinski definition) is 10. The van der Waals surface area contributed by atoms with Crippen LogP contribution in [-0.2, 0) is 9.59 Å². The van der Waals surface area contributed by atoms with Crippen LogP contribution in [0.15, 0.2) is 24.3 Å². The normalized spacial score (nSPS) is 19.7. The molecule has 40 heavy (non-hydrogen) atoms. The first-order chi connectivity index (χ1) is 19.4. The van der Waals surface area contributed by atoms with Gasteiger partial charge >= 0.3 is 0 Å². The number of ketones is 3. The molecule has 0 saturated carbocycles. The lowest BCUT2D eigenvalue weighted by Crippen LogP contribution is -2.42. The Morgan fingerprint density at radius 1 is 0.750 bits per heavy atom. The fourth-order valence-corrected chi connectivity index (χ4v) is 5.69. The molecule has 2 atom stereocenters. The summed E-state index contributed by atoms with van der Waals surface area (Å²) < 4.78 is 0. The third-order valence-corrected chi connectivity index (χ3v) is 7.76. The number of hydrogen-bond donors (Lipinski definition) is 7. The van der Waals surface area contributed by atoms with Gasteiger partial charge in [-0.25, -0.2) is 0 Å². The van der Waals surface area contributed by atoms with E-state index in [1.165, 1.54) is 24.3 Å². The lowest BCUT2D eigenvalue weighted by Gasteiger charge is -2.24. The van der Waals surface area contributed by atoms with Crippen molar-refractivity contribution in [2.45, 2.75) is 50.6 Å². The molecule has 2 fully saturated rings. The summed E-state index contributed by atoms with van der Waals surface area (Å²) in [5, 5.41) is 36.6. The molecule has 11 heteroatoms. The van der Waals surface area contributed by atoms with E-state index in [-0.39, 0.29) is 64.1 Å². The van der Waals surface area contributed by atoms with Gasteiger partial charge < -0.3 is 36.8 Å². The summed E-state index contributed by atoms with van der Waals surface area (Å²) in [6.45, 7) is 2.64. The quantitative estimate of drug-likeness (QED) is 0.138. The van der Waals surface area contributed by atoms with E-state index in [2.05, 4.69) is 26.6 Å². The molecule has 2 saturated heterocycles. The molecule has 3 aliphatic rings. The van der Waals surface area contributed by atoms with Crippen molar-refractivity contribution in [1.29, 1.82) is 0 Å². The number of phenolic OH excluding ortho intramolecular Hbond substituents is 2. The Bertz CT molecular complexity index is 1230. The lowest BCUT2D eigenvalue weighted by molar-refractivity contribution is -0.122. The Labute approximate surface area is 232 Å². The molecule has 0 bridgehead atoms. The Kier molecular flexibility index (Phi) is 8.32. The van der Waals surface area contributed by atoms with E-state index in [9.17, 15) is 29.4 Å². The molecule has 212 valence electrons. The van der Waals surface area contributed by atoms with Gasteiger partial charge in [0, 0.05) is 37.4 Å². The minimum Gasteiger partial charge on any atom is -0.507 e. The van der Waals surface area contributed by atoms with Crippen LogP contribution >= 0.6 is 0 Å². The van der Waals surface area contributed by atoms with Crippen molar-refractivity contribution in [3.05, 3.63) is 46.5 Å². The summed E-state index contributed by atoms with van der Waals surface area (Å²) >= 11 is 0. The molecule has 1 aliphatic carbocycles. The summed E-state index contributed by atoms with van der Waals surface area (Å²) in [5.74, 6) is -1.78. The molecule has 5 rings (SSSR count). The summed E-state index contributed by atoms with van der Waals surface area (Å²) in [7, 11) is 0. The first-order valence-corrected chi connectivity index (χ1v) is 13.9. The standard InChI is InChI=1S/C29H35N5O6/c35-20(16-4-1-11-30-16)6-3-13-31-17-7-9-21(36)25-23(17)27(38)26-22(37)10-8-18(24(26)28(25)39)33-14-15-34-29(40)19-5-2-12-32-19/h7-10,16,19,30-33,36-37H,1-6,11-15H2,(H,34,40). The molecule has 0 radical (unpaired) electrons. The second-order valence-electron chi connectivity index (χ2n) is 10.4. The van der Waals surface area contributed by atoms with E-state index < -0.39 is 11.6 Å². The smallest absolute Gasteiger partial charge is 0.237 e. The fourth-order valence-electron chi connectivity index (χ4n) is 5.69. The average molecular weight is 550 g/mol. The van der Waals surface area contributed by atoms with E-state index in [4.69, 9.17) is 0 Å². The third kappa shape index (κ3) is 5.52. The summed E-state index contributed by atoms with van der Waals surface area (Å²) in [5.41, 5.74) is 0.361. The van der Waals surface area contributed by atoms with Crippen LogP contribution in [0.1, 0.15) is 70.4 Å². The van der Waals surface area contributed by atoms with Gasteiger partial charge in [-0.1, -0.05) is 0 Å². The lowest BCUT2D eigenvalue weighted by atomic mass is 9.81. The van der Waals surface area contributed by atoms with Crippen molar-refractivity contribution in [3.63, 3.8) is 0 Å². The number of aromatic hydroxyl groups is 2. The van der Waals surface area contributed by atoms with Crippen LogP contribution in [0.2, 0.25) is 0 Å². The number of anilines is 2. The molecule has 11 nitrogen and oxygen atoms in total. The summed E-state index contributed by atoms with van der Waals surface area (Å²) in [4.78, 5) is 51.9. The van der Waals surface area contributed by atoms with Crippen LogP contribution in [0, 0.1) is 0 Å². The predicted molar refractivity (Wildman–Crippen MR) is 149 cm³/mol. The number of Topliss-reactive ketones (excluding diaryl/α,β-unsaturated/α-hetero) is 1. The first-order valence-electron chi connectivity index (χ1n) is 13.9. The average Bonchev–Trinajstić information content (AvgIpc) is 3.68. The van der Waals surface area contributed by atoms with Gasteiger partial charge in [0.1, 0.15) is 17.3 Å². The number of rotatable bonds is 11. The Morgan fingerprint density at radius 2 is 1.30 bits per heavy atom. The molecule has 2 aliphatic heterocycles. The summed E-state index contributed by atoms with van der Waals surface area (Å²) in [6, 6.07) is 5.42. The first kappa shape index (κ1) is 27.6. The number of carbonyl (C=O) groups excluding carboxylic acids is 4. The highest BCUT2D eigenvalue weighted by atomic mass is 16.3. The van der Waals surface area contributed by atoms with E-state index in [0.29, 0.717) is 37.3 Å². The van der Waals surface area contributed by atoms with Crippen molar-refractivity contribution in [3.8, 4) is 11.5 Å². The minimum absolute atomic E-state index is 0.00920. The van der Waals surface area contributed by atoms with E-state index in [1.807, 2.05) is 0 Å². The number of carbonyl (C=O) groups is 4. The van der Waals surface area contributed by atoms with Crippen LogP contribution in [0.3, 0.4) is 0 Å². The highest BCUT2D eigenvalue weighted by molar-refractivity contribution is 6.33. The zero-order valence-electron chi connectivity index (χ0n) is 22.3. The number of nitrogens with one attached hydrogen (secondary N) is 5. The van der Waals surface area contributed by atoms with Gasteiger partial charge in [0.25, 0.3) is 0 Å². The second kappa shape index (κ2) is 12.1. The van der Waals surface area contributed by atoms with Crippen LogP contribution in [0.4, 0.5) is 11.4 Å². The molecule has 0 spiro atoms. The van der Waals surface area contributed by atoms with Gasteiger partial charge in [-0.05, 0) is 69.5 Å². The maximum atomic E-state index is 13.7. The molecule has 7 N–H and O–H groups in total. The van der Waals surface area contributed by atoms with E-state index >= 15 is 0 Å². The Morgan fingerprint density at radius 3 is 1.85 bits per heavy atom. The maximum absolute atomic E-state index is 13.7. The van der Waals surface area contributed by atoms with Gasteiger partial charge in [0.2, 0.25) is 17.5 Å². The molecule has 1 amide bonds. The molecule has 2 aromatic rings. The van der Waals surface area contributed by atoms with Crippen molar-refractivity contribution in [1.82, 2.24) is 16.0 Å². The topological polar surface area (TPSA) is 169 Å². The maximum Gasteiger partial charge on any atom is 0.237 e. The van der Waals surface area contributed by atoms with Crippen molar-refractivity contribution < 1.29 is 29.4 Å². The van der Waals surface area contributed by atoms with Crippen molar-refractivity contribution >= 4 is 34.6 Å².